The molecule has 0 fully saturated rings. The maximum atomic E-state index is 12.7. The molecule has 218 valence electrons. The molecule has 0 spiro atoms. The Labute approximate surface area is 246 Å². The molecule has 8 heteroatoms. The van der Waals surface area contributed by atoms with Crippen molar-refractivity contribution in [3.8, 4) is 23.0 Å². The second-order valence-electron chi connectivity index (χ2n) is 9.38. The topological polar surface area (TPSA) is 92.3 Å². The molecule has 4 rings (SSSR count). The summed E-state index contributed by atoms with van der Waals surface area (Å²) >= 11 is 0. The highest BCUT2D eigenvalue weighted by atomic mass is 16.7. The average molecular weight is 570 g/mol. The Kier molecular flexibility index (Phi) is 11.2. The van der Waals surface area contributed by atoms with Crippen LogP contribution >= 0.6 is 0 Å². The number of rotatable bonds is 14. The van der Waals surface area contributed by atoms with E-state index in [0.29, 0.717) is 48.8 Å². The van der Waals surface area contributed by atoms with E-state index in [0.717, 1.165) is 16.7 Å². The predicted octanol–water partition coefficient (Wildman–Crippen LogP) is 7.35. The molecular formula is C34H35NO7. The standard InChI is InChI=1S/C34H35NO7/c1-3-39-34(37)42-32-22-28(18-20-30(32)41-24-27-13-8-5-9-14-27)35-33(36)16-10-15-25-17-19-29(31(21-25)38-2)40-23-26-11-6-4-7-12-26/h4-9,11-14,17-22H,3,10,15-16,23-24H2,1-2H3,(H,35,36). The molecule has 0 radical (unpaired) electrons. The molecule has 0 unspecified atom stereocenters. The number of benzene rings is 4. The van der Waals surface area contributed by atoms with Crippen molar-refractivity contribution in [2.45, 2.75) is 39.4 Å². The van der Waals surface area contributed by atoms with Gasteiger partial charge >= 0.3 is 6.16 Å². The number of methoxy groups -OCH3 is 1. The molecule has 0 saturated carbocycles. The molecular weight excluding hydrogens is 534 g/mol. The zero-order valence-electron chi connectivity index (χ0n) is 23.8. The van der Waals surface area contributed by atoms with E-state index >= 15 is 0 Å². The molecule has 0 heterocycles. The fraction of sp³-hybridized carbons (Fsp3) is 0.235. The summed E-state index contributed by atoms with van der Waals surface area (Å²) in [6.07, 6.45) is 0.766. The lowest BCUT2D eigenvalue weighted by atomic mass is 10.1. The van der Waals surface area contributed by atoms with Crippen LogP contribution < -0.4 is 24.3 Å². The normalized spacial score (nSPS) is 10.4. The smallest absolute Gasteiger partial charge is 0.493 e. The van der Waals surface area contributed by atoms with E-state index in [-0.39, 0.29) is 24.9 Å². The number of anilines is 1. The quantitative estimate of drug-likeness (QED) is 0.125. The van der Waals surface area contributed by atoms with E-state index in [1.54, 1.807) is 32.2 Å². The van der Waals surface area contributed by atoms with E-state index < -0.39 is 6.16 Å². The van der Waals surface area contributed by atoms with Crippen LogP contribution in [0.4, 0.5) is 10.5 Å². The van der Waals surface area contributed by atoms with Crippen LogP contribution in [0.2, 0.25) is 0 Å². The van der Waals surface area contributed by atoms with Crippen LogP contribution in [0.1, 0.15) is 36.5 Å². The summed E-state index contributed by atoms with van der Waals surface area (Å²) in [4.78, 5) is 24.7. The first-order valence-electron chi connectivity index (χ1n) is 13.8. The van der Waals surface area contributed by atoms with Crippen molar-refractivity contribution >= 4 is 17.7 Å². The number of nitrogens with one attached hydrogen (secondary N) is 1. The van der Waals surface area contributed by atoms with Crippen LogP contribution in [0.5, 0.6) is 23.0 Å². The van der Waals surface area contributed by atoms with Gasteiger partial charge in [0.1, 0.15) is 13.2 Å². The van der Waals surface area contributed by atoms with Crippen LogP contribution in [0.15, 0.2) is 97.1 Å². The van der Waals surface area contributed by atoms with Gasteiger partial charge in [0.2, 0.25) is 5.91 Å². The maximum Gasteiger partial charge on any atom is 0.513 e. The van der Waals surface area contributed by atoms with Gasteiger partial charge in [-0.2, -0.15) is 0 Å². The lowest BCUT2D eigenvalue weighted by molar-refractivity contribution is -0.116. The number of amides is 1. The SMILES string of the molecule is CCOC(=O)Oc1cc(NC(=O)CCCc2ccc(OCc3ccccc3)c(OC)c2)ccc1OCc1ccccc1. The Hall–Kier alpha value is -4.98. The van der Waals surface area contributed by atoms with Gasteiger partial charge < -0.3 is 29.0 Å². The molecule has 0 aliphatic heterocycles. The molecule has 1 N–H and O–H groups in total. The number of hydrogen-bond acceptors (Lipinski definition) is 7. The maximum absolute atomic E-state index is 12.7. The minimum Gasteiger partial charge on any atom is -0.493 e. The van der Waals surface area contributed by atoms with Crippen LogP contribution in [0.3, 0.4) is 0 Å². The van der Waals surface area contributed by atoms with Crippen molar-refractivity contribution in [3.05, 3.63) is 114 Å². The van der Waals surface area contributed by atoms with Crippen molar-refractivity contribution in [3.63, 3.8) is 0 Å². The third kappa shape index (κ3) is 9.30. The van der Waals surface area contributed by atoms with Gasteiger partial charge in [0.25, 0.3) is 0 Å². The molecule has 1 amide bonds. The molecule has 4 aromatic rings. The number of carbonyl (C=O) groups excluding carboxylic acids is 2. The van der Waals surface area contributed by atoms with Gasteiger partial charge in [0.05, 0.1) is 13.7 Å². The summed E-state index contributed by atoms with van der Waals surface area (Å²) in [6, 6.07) is 30.3. The van der Waals surface area contributed by atoms with Gasteiger partial charge in [-0.3, -0.25) is 4.79 Å². The van der Waals surface area contributed by atoms with Gasteiger partial charge in [-0.05, 0) is 60.7 Å². The lowest BCUT2D eigenvalue weighted by Crippen LogP contribution is -2.13. The first-order chi connectivity index (χ1) is 20.5. The molecule has 0 aliphatic carbocycles. The highest BCUT2D eigenvalue weighted by Crippen LogP contribution is 2.32. The first-order valence-corrected chi connectivity index (χ1v) is 13.8. The summed E-state index contributed by atoms with van der Waals surface area (Å²) < 4.78 is 27.6. The monoisotopic (exact) mass is 569 g/mol. The number of carbonyl (C=O) groups is 2. The third-order valence-electron chi connectivity index (χ3n) is 6.25. The van der Waals surface area contributed by atoms with Crippen molar-refractivity contribution in [2.24, 2.45) is 0 Å². The number of aryl methyl sites for hydroxylation is 1. The molecule has 0 atom stereocenters. The second kappa shape index (κ2) is 15.7. The Morgan fingerprint density at radius 1 is 0.690 bits per heavy atom. The second-order valence-corrected chi connectivity index (χ2v) is 9.38. The zero-order valence-corrected chi connectivity index (χ0v) is 23.8. The predicted molar refractivity (Wildman–Crippen MR) is 160 cm³/mol. The molecule has 8 nitrogen and oxygen atoms in total. The van der Waals surface area contributed by atoms with Crippen molar-refractivity contribution in [2.75, 3.05) is 19.0 Å². The summed E-state index contributed by atoms with van der Waals surface area (Å²) in [5, 5.41) is 2.87. The van der Waals surface area contributed by atoms with E-state index in [2.05, 4.69) is 5.32 Å². The fourth-order valence-electron chi connectivity index (χ4n) is 4.16. The van der Waals surface area contributed by atoms with Gasteiger partial charge in [-0.25, -0.2) is 4.79 Å². The van der Waals surface area contributed by atoms with Crippen molar-refractivity contribution in [1.82, 2.24) is 0 Å². The van der Waals surface area contributed by atoms with Gasteiger partial charge in [-0.1, -0.05) is 66.7 Å². The molecule has 0 bridgehead atoms. The summed E-state index contributed by atoms with van der Waals surface area (Å²) in [6.45, 7) is 2.60. The highest BCUT2D eigenvalue weighted by molar-refractivity contribution is 5.91. The molecule has 0 aromatic heterocycles. The zero-order chi connectivity index (χ0) is 29.6. The molecule has 0 aliphatic rings. The van der Waals surface area contributed by atoms with E-state index in [9.17, 15) is 9.59 Å². The lowest BCUT2D eigenvalue weighted by Gasteiger charge is -2.14. The van der Waals surface area contributed by atoms with Crippen LogP contribution in [-0.2, 0) is 29.2 Å². The first kappa shape index (κ1) is 30.0. The van der Waals surface area contributed by atoms with Crippen LogP contribution in [0.25, 0.3) is 0 Å². The molecule has 0 saturated heterocycles. The van der Waals surface area contributed by atoms with Gasteiger partial charge in [0, 0.05) is 18.2 Å². The van der Waals surface area contributed by atoms with E-state index in [1.807, 2.05) is 78.9 Å². The van der Waals surface area contributed by atoms with Crippen molar-refractivity contribution in [1.29, 1.82) is 0 Å². The summed E-state index contributed by atoms with van der Waals surface area (Å²) in [5.74, 6) is 1.67. The summed E-state index contributed by atoms with van der Waals surface area (Å²) in [5.41, 5.74) is 3.55. The third-order valence-corrected chi connectivity index (χ3v) is 6.25. The summed E-state index contributed by atoms with van der Waals surface area (Å²) in [7, 11) is 1.61. The largest absolute Gasteiger partial charge is 0.513 e. The van der Waals surface area contributed by atoms with Gasteiger partial charge in [0.15, 0.2) is 23.0 Å². The van der Waals surface area contributed by atoms with Gasteiger partial charge in [-0.15, -0.1) is 0 Å². The van der Waals surface area contributed by atoms with Crippen LogP contribution in [-0.4, -0.2) is 25.8 Å². The Balaban J connectivity index is 1.31. The Morgan fingerprint density at radius 2 is 1.31 bits per heavy atom. The highest BCUT2D eigenvalue weighted by Gasteiger charge is 2.14. The fourth-order valence-corrected chi connectivity index (χ4v) is 4.16. The molecule has 4 aromatic carbocycles. The van der Waals surface area contributed by atoms with Crippen LogP contribution in [0, 0.1) is 0 Å². The van der Waals surface area contributed by atoms with E-state index in [4.69, 9.17) is 23.7 Å². The minimum atomic E-state index is -0.850. The Morgan fingerprint density at radius 3 is 1.93 bits per heavy atom. The Bertz CT molecular complexity index is 1440. The average Bonchev–Trinajstić information content (AvgIpc) is 3.01. The number of hydrogen-bond donors (Lipinski definition) is 1. The van der Waals surface area contributed by atoms with Crippen molar-refractivity contribution < 1.29 is 33.3 Å². The minimum absolute atomic E-state index is 0.156. The van der Waals surface area contributed by atoms with E-state index in [1.165, 1.54) is 0 Å². The molecule has 42 heavy (non-hydrogen) atoms. The number of ether oxygens (including phenoxy) is 5.